The van der Waals surface area contributed by atoms with Crippen molar-refractivity contribution in [3.8, 4) is 5.75 Å². The summed E-state index contributed by atoms with van der Waals surface area (Å²) in [6.07, 6.45) is 0.821. The van der Waals surface area contributed by atoms with E-state index in [0.29, 0.717) is 19.7 Å². The number of aromatic nitrogens is 1. The van der Waals surface area contributed by atoms with Crippen molar-refractivity contribution in [2.75, 3.05) is 37.7 Å². The number of nitrogens with zero attached hydrogens (tertiary/aromatic N) is 3. The molecule has 1 aromatic heterocycles. The Morgan fingerprint density at radius 2 is 2.08 bits per heavy atom. The maximum Gasteiger partial charge on any atom is 0.317 e. The first-order valence-corrected chi connectivity index (χ1v) is 9.92. The lowest BCUT2D eigenvalue weighted by molar-refractivity contribution is 0.177. The van der Waals surface area contributed by atoms with Gasteiger partial charge in [-0.25, -0.2) is 9.78 Å². The van der Waals surface area contributed by atoms with Gasteiger partial charge in [0, 0.05) is 31.6 Å². The number of amides is 2. The van der Waals surface area contributed by atoms with Crippen LogP contribution in [0.3, 0.4) is 0 Å². The van der Waals surface area contributed by atoms with E-state index in [1.165, 1.54) is 5.56 Å². The highest BCUT2D eigenvalue weighted by Gasteiger charge is 2.27. The van der Waals surface area contributed by atoms with E-state index in [0.717, 1.165) is 41.6 Å². The molecule has 26 heavy (non-hydrogen) atoms. The van der Waals surface area contributed by atoms with Crippen LogP contribution in [-0.4, -0.2) is 54.7 Å². The average Bonchev–Trinajstić information content (AvgIpc) is 3.08. The topological polar surface area (TPSA) is 57.7 Å². The van der Waals surface area contributed by atoms with Crippen LogP contribution in [0.2, 0.25) is 0 Å². The summed E-state index contributed by atoms with van der Waals surface area (Å²) in [6.45, 7) is 7.67. The number of ether oxygens (including phenoxy) is 1. The normalized spacial score (nSPS) is 19.7. The van der Waals surface area contributed by atoms with Gasteiger partial charge < -0.3 is 19.9 Å². The fourth-order valence-electron chi connectivity index (χ4n) is 3.54. The Balaban J connectivity index is 1.31. The maximum absolute atomic E-state index is 12.6. The molecule has 2 amide bonds. The molecule has 138 valence electrons. The Bertz CT molecular complexity index is 799. The van der Waals surface area contributed by atoms with Gasteiger partial charge in [-0.3, -0.25) is 0 Å². The molecule has 1 N–H and O–H groups in total. The second-order valence-electron chi connectivity index (χ2n) is 6.97. The van der Waals surface area contributed by atoms with Crippen LogP contribution in [0.25, 0.3) is 0 Å². The number of hydrogen-bond donors (Lipinski definition) is 1. The van der Waals surface area contributed by atoms with E-state index in [9.17, 15) is 4.79 Å². The number of nitrogens with one attached hydrogen (secondary N) is 1. The molecule has 1 aromatic carbocycles. The van der Waals surface area contributed by atoms with Crippen molar-refractivity contribution in [3.63, 3.8) is 0 Å². The summed E-state index contributed by atoms with van der Waals surface area (Å²) in [6, 6.07) is 6.21. The number of piperazine rings is 1. The Morgan fingerprint density at radius 1 is 1.27 bits per heavy atom. The predicted octanol–water partition coefficient (Wildman–Crippen LogP) is 2.60. The number of anilines is 1. The number of rotatable bonds is 2. The van der Waals surface area contributed by atoms with Crippen LogP contribution in [0.4, 0.5) is 9.93 Å². The monoisotopic (exact) mass is 372 g/mol. The summed E-state index contributed by atoms with van der Waals surface area (Å²) in [5, 5.41) is 6.26. The second kappa shape index (κ2) is 7.15. The number of carbonyl (C=O) groups excluding carboxylic acids is 1. The molecular weight excluding hydrogens is 348 g/mol. The molecule has 2 aromatic rings. The van der Waals surface area contributed by atoms with Crippen LogP contribution in [0, 0.1) is 13.8 Å². The molecule has 1 unspecified atom stereocenters. The third-order valence-electron chi connectivity index (χ3n) is 4.96. The Labute approximate surface area is 157 Å². The van der Waals surface area contributed by atoms with Crippen LogP contribution in [0.15, 0.2) is 23.6 Å². The molecule has 6 nitrogen and oxygen atoms in total. The van der Waals surface area contributed by atoms with E-state index >= 15 is 0 Å². The fourth-order valence-corrected chi connectivity index (χ4v) is 4.39. The van der Waals surface area contributed by atoms with Crippen molar-refractivity contribution in [2.45, 2.75) is 26.3 Å². The zero-order valence-electron chi connectivity index (χ0n) is 15.2. The highest BCUT2D eigenvalue weighted by molar-refractivity contribution is 7.13. The van der Waals surface area contributed by atoms with Gasteiger partial charge >= 0.3 is 6.03 Å². The summed E-state index contributed by atoms with van der Waals surface area (Å²) in [4.78, 5) is 21.3. The molecule has 1 fully saturated rings. The third kappa shape index (κ3) is 3.49. The van der Waals surface area contributed by atoms with Gasteiger partial charge in [-0.15, -0.1) is 11.3 Å². The average molecular weight is 372 g/mol. The number of fused-ring (bicyclic) bond motifs is 1. The molecule has 0 spiro atoms. The van der Waals surface area contributed by atoms with E-state index in [1.54, 1.807) is 11.3 Å². The smallest absolute Gasteiger partial charge is 0.317 e. The highest BCUT2D eigenvalue weighted by atomic mass is 32.1. The summed E-state index contributed by atoms with van der Waals surface area (Å²) >= 11 is 1.67. The summed E-state index contributed by atoms with van der Waals surface area (Å²) < 4.78 is 5.88. The molecule has 0 radical (unpaired) electrons. The highest BCUT2D eigenvalue weighted by Crippen LogP contribution is 2.28. The first-order valence-electron chi connectivity index (χ1n) is 9.04. The van der Waals surface area contributed by atoms with E-state index in [2.05, 4.69) is 39.6 Å². The Hall–Kier alpha value is -2.28. The fraction of sp³-hybridized carbons (Fsp3) is 0.474. The minimum absolute atomic E-state index is 0.00433. The lowest BCUT2D eigenvalue weighted by atomic mass is 10.00. The van der Waals surface area contributed by atoms with E-state index in [4.69, 9.17) is 4.74 Å². The van der Waals surface area contributed by atoms with E-state index < -0.39 is 0 Å². The molecule has 7 heteroatoms. The van der Waals surface area contributed by atoms with Crippen LogP contribution in [0.5, 0.6) is 5.75 Å². The zero-order chi connectivity index (χ0) is 18.1. The number of carbonyl (C=O) groups is 1. The van der Waals surface area contributed by atoms with Gasteiger partial charge in [-0.05, 0) is 31.4 Å². The quantitative estimate of drug-likeness (QED) is 0.880. The minimum Gasteiger partial charge on any atom is -0.491 e. The number of thiazole rings is 1. The van der Waals surface area contributed by atoms with Gasteiger partial charge in [-0.2, -0.15) is 0 Å². The van der Waals surface area contributed by atoms with Gasteiger partial charge in [0.2, 0.25) is 0 Å². The Morgan fingerprint density at radius 3 is 2.81 bits per heavy atom. The van der Waals surface area contributed by atoms with Crippen LogP contribution >= 0.6 is 11.3 Å². The van der Waals surface area contributed by atoms with Crippen molar-refractivity contribution >= 4 is 22.5 Å². The molecule has 0 aliphatic carbocycles. The van der Waals surface area contributed by atoms with Crippen LogP contribution in [-0.2, 0) is 6.42 Å². The third-order valence-corrected chi connectivity index (χ3v) is 5.98. The lowest BCUT2D eigenvalue weighted by Gasteiger charge is -2.36. The van der Waals surface area contributed by atoms with Crippen LogP contribution in [0.1, 0.15) is 16.8 Å². The van der Waals surface area contributed by atoms with Crippen molar-refractivity contribution in [3.05, 3.63) is 40.4 Å². The molecule has 2 aliphatic rings. The first-order chi connectivity index (χ1) is 12.6. The van der Waals surface area contributed by atoms with E-state index in [1.807, 2.05) is 17.9 Å². The van der Waals surface area contributed by atoms with Crippen LogP contribution < -0.4 is 15.0 Å². The summed E-state index contributed by atoms with van der Waals surface area (Å²) in [7, 11) is 0. The zero-order valence-corrected chi connectivity index (χ0v) is 16.0. The first kappa shape index (κ1) is 17.1. The summed E-state index contributed by atoms with van der Waals surface area (Å²) in [5.74, 6) is 0.977. The number of aryl methyl sites for hydroxylation is 2. The number of hydrogen-bond acceptors (Lipinski definition) is 5. The van der Waals surface area contributed by atoms with Gasteiger partial charge in [0.1, 0.15) is 12.4 Å². The van der Waals surface area contributed by atoms with Gasteiger partial charge in [-0.1, -0.05) is 18.2 Å². The number of benzene rings is 1. The standard InChI is InChI=1S/C19H24N4O2S/c1-13-4-3-5-15-10-16(11-25-17(13)15)21-18(24)22-6-8-23(9-7-22)19-20-14(2)12-26-19/h3-5,12,16H,6-11H2,1-2H3,(H,21,24). The molecular formula is C19H24N4O2S. The lowest BCUT2D eigenvalue weighted by Crippen LogP contribution is -2.55. The number of urea groups is 1. The second-order valence-corrected chi connectivity index (χ2v) is 7.81. The van der Waals surface area contributed by atoms with Crippen molar-refractivity contribution < 1.29 is 9.53 Å². The van der Waals surface area contributed by atoms with E-state index in [-0.39, 0.29) is 12.1 Å². The van der Waals surface area contributed by atoms with Gasteiger partial charge in [0.25, 0.3) is 0 Å². The molecule has 3 heterocycles. The van der Waals surface area contributed by atoms with Crippen molar-refractivity contribution in [2.24, 2.45) is 0 Å². The van der Waals surface area contributed by atoms with Gasteiger partial charge in [0.05, 0.1) is 11.7 Å². The molecule has 0 saturated carbocycles. The largest absolute Gasteiger partial charge is 0.491 e. The van der Waals surface area contributed by atoms with Gasteiger partial charge in [0.15, 0.2) is 5.13 Å². The van der Waals surface area contributed by atoms with Crippen molar-refractivity contribution in [1.82, 2.24) is 15.2 Å². The molecule has 1 atom stereocenters. The SMILES string of the molecule is Cc1csc(N2CCN(C(=O)NC3COc4c(C)cccc4C3)CC2)n1. The number of para-hydroxylation sites is 1. The van der Waals surface area contributed by atoms with Crippen molar-refractivity contribution in [1.29, 1.82) is 0 Å². The molecule has 2 aliphatic heterocycles. The molecule has 4 rings (SSSR count). The molecule has 0 bridgehead atoms. The minimum atomic E-state index is 0.00433. The molecule has 1 saturated heterocycles. The maximum atomic E-state index is 12.6. The predicted molar refractivity (Wildman–Crippen MR) is 103 cm³/mol. The Kier molecular flexibility index (Phi) is 4.72. The summed E-state index contributed by atoms with van der Waals surface area (Å²) in [5.41, 5.74) is 3.38.